The first-order chi connectivity index (χ1) is 8.03. The Morgan fingerprint density at radius 3 is 2.17 bits per heavy atom. The van der Waals surface area contributed by atoms with Gasteiger partial charge in [0.15, 0.2) is 11.6 Å². The van der Waals surface area contributed by atoms with Crippen LogP contribution in [-0.4, -0.2) is 16.6 Å². The van der Waals surface area contributed by atoms with Gasteiger partial charge < -0.3 is 0 Å². The molecule has 0 amide bonds. The molecule has 0 saturated carbocycles. The number of Topliss-reactive ketones (excluding diaryl/α,β-unsaturated/α-hetero) is 2. The maximum Gasteiger partial charge on any atom is 0.178 e. The van der Waals surface area contributed by atoms with Gasteiger partial charge in [0.2, 0.25) is 0 Å². The number of carbonyl (C=O) groups is 2. The van der Waals surface area contributed by atoms with Gasteiger partial charge in [-0.3, -0.25) is 9.59 Å². The lowest BCUT2D eigenvalue weighted by molar-refractivity contribution is 0.101. The Balaban J connectivity index is 3.16. The summed E-state index contributed by atoms with van der Waals surface area (Å²) in [6.45, 7) is -5.76. The van der Waals surface area contributed by atoms with E-state index in [2.05, 4.69) is 4.98 Å². The van der Waals surface area contributed by atoms with Gasteiger partial charge in [-0.25, -0.2) is 4.98 Å². The monoisotopic (exact) mass is 169 g/mol. The Labute approximate surface area is 78.9 Å². The van der Waals surface area contributed by atoms with Crippen molar-refractivity contribution in [3.63, 3.8) is 0 Å². The second kappa shape index (κ2) is 3.26. The number of nitrogens with zero attached hydrogens (tertiary/aromatic N) is 1. The third-order valence-electron chi connectivity index (χ3n) is 1.21. The second-order valence-electron chi connectivity index (χ2n) is 2.07. The first kappa shape index (κ1) is 3.47. The van der Waals surface area contributed by atoms with Crippen LogP contribution < -0.4 is 0 Å². The van der Waals surface area contributed by atoms with Crippen LogP contribution in [0.5, 0.6) is 0 Å². The molecule has 1 heterocycles. The first-order valence-corrected chi connectivity index (χ1v) is 3.10. The number of hydrogen-bond donors (Lipinski definition) is 0. The minimum atomic E-state index is -2.88. The first-order valence-electron chi connectivity index (χ1n) is 6.10. The number of ketones is 2. The Morgan fingerprint density at radius 2 is 1.75 bits per heavy atom. The van der Waals surface area contributed by atoms with Gasteiger partial charge in [0.05, 0.1) is 0 Å². The van der Waals surface area contributed by atoms with Gasteiger partial charge in [-0.05, 0) is 12.1 Å². The van der Waals surface area contributed by atoms with E-state index < -0.39 is 36.7 Å². The zero-order valence-corrected chi connectivity index (χ0v) is 6.00. The fraction of sp³-hybridized carbons (Fsp3) is 0.222. The normalized spacial score (nSPS) is 19.0. The second-order valence-corrected chi connectivity index (χ2v) is 2.07. The summed E-state index contributed by atoms with van der Waals surface area (Å²) < 4.78 is 41.5. The molecule has 3 nitrogen and oxygen atoms in total. The zero-order chi connectivity index (χ0) is 14.1. The van der Waals surface area contributed by atoms with E-state index in [1.54, 1.807) is 0 Å². The van der Waals surface area contributed by atoms with Crippen molar-refractivity contribution in [1.29, 1.82) is 0 Å². The highest BCUT2D eigenvalue weighted by molar-refractivity contribution is 5.96. The van der Waals surface area contributed by atoms with Crippen molar-refractivity contribution in [2.45, 2.75) is 13.7 Å². The maximum atomic E-state index is 11.4. The topological polar surface area (TPSA) is 47.0 Å². The Kier molecular flexibility index (Phi) is 0.943. The maximum absolute atomic E-state index is 11.4. The van der Waals surface area contributed by atoms with Crippen molar-refractivity contribution < 1.29 is 17.8 Å². The molecule has 0 aliphatic heterocycles. The molecular formula is C9H9NO2. The summed E-state index contributed by atoms with van der Waals surface area (Å²) in [7, 11) is 0. The molecule has 0 N–H and O–H groups in total. The van der Waals surface area contributed by atoms with Crippen LogP contribution in [0.3, 0.4) is 0 Å². The van der Waals surface area contributed by atoms with Crippen LogP contribution in [0.2, 0.25) is 0 Å². The molecule has 0 unspecified atom stereocenters. The minimum absolute atomic E-state index is 0.454. The van der Waals surface area contributed by atoms with E-state index in [0.717, 1.165) is 12.1 Å². The van der Waals surface area contributed by atoms with Gasteiger partial charge in [0.1, 0.15) is 11.4 Å². The van der Waals surface area contributed by atoms with Gasteiger partial charge in [-0.15, -0.1) is 0 Å². The number of carbonyl (C=O) groups excluding carboxylic acids is 2. The molecule has 0 bridgehead atoms. The lowest BCUT2D eigenvalue weighted by Gasteiger charge is -1.96. The van der Waals surface area contributed by atoms with Crippen molar-refractivity contribution >= 4 is 11.6 Å². The van der Waals surface area contributed by atoms with Crippen LogP contribution in [0.4, 0.5) is 0 Å². The third-order valence-corrected chi connectivity index (χ3v) is 1.21. The standard InChI is InChI=1S/C9H9NO2/c1-6(11)8-4-3-5-9(10-8)7(2)12/h3-5H,1-2H3/i1D3,2D3. The van der Waals surface area contributed by atoms with Crippen LogP contribution in [0.1, 0.15) is 42.9 Å². The van der Waals surface area contributed by atoms with Crippen LogP contribution >= 0.6 is 0 Å². The predicted octanol–water partition coefficient (Wildman–Crippen LogP) is 1.49. The summed E-state index contributed by atoms with van der Waals surface area (Å²) in [4.78, 5) is 26.3. The summed E-state index contributed by atoms with van der Waals surface area (Å²) >= 11 is 0. The highest BCUT2D eigenvalue weighted by Crippen LogP contribution is 2.00. The summed E-state index contributed by atoms with van der Waals surface area (Å²) in [5.74, 6) is -2.47. The molecule has 1 aromatic rings. The Hall–Kier alpha value is -1.51. The van der Waals surface area contributed by atoms with Gasteiger partial charge in [0, 0.05) is 21.9 Å². The number of aromatic nitrogens is 1. The number of pyridine rings is 1. The molecule has 0 aromatic carbocycles. The highest BCUT2D eigenvalue weighted by atomic mass is 16.1. The smallest absolute Gasteiger partial charge is 0.178 e. The molecule has 1 rings (SSSR count). The van der Waals surface area contributed by atoms with E-state index in [-0.39, 0.29) is 0 Å². The van der Waals surface area contributed by atoms with Crippen LogP contribution in [-0.2, 0) is 0 Å². The van der Waals surface area contributed by atoms with Crippen molar-refractivity contribution in [1.82, 2.24) is 4.98 Å². The van der Waals surface area contributed by atoms with Crippen molar-refractivity contribution in [3.8, 4) is 0 Å². The highest BCUT2D eigenvalue weighted by Gasteiger charge is 2.04. The molecular weight excluding hydrogens is 154 g/mol. The largest absolute Gasteiger partial charge is 0.293 e. The lowest BCUT2D eigenvalue weighted by Crippen LogP contribution is -2.02. The molecule has 0 spiro atoms. The van der Waals surface area contributed by atoms with E-state index in [0.29, 0.717) is 0 Å². The molecule has 0 aliphatic carbocycles. The third kappa shape index (κ3) is 1.75. The average Bonchev–Trinajstić information content (AvgIpc) is 2.24. The average molecular weight is 169 g/mol. The molecule has 0 aliphatic rings. The quantitative estimate of drug-likeness (QED) is 0.630. The molecule has 62 valence electrons. The van der Waals surface area contributed by atoms with E-state index in [9.17, 15) is 9.59 Å². The Bertz CT molecular complexity index is 449. The summed E-state index contributed by atoms with van der Waals surface area (Å²) in [5, 5.41) is 0. The van der Waals surface area contributed by atoms with Gasteiger partial charge in [-0.2, -0.15) is 0 Å². The SMILES string of the molecule is [2H]C([2H])([2H])C(=O)c1cccc(C(=O)C([2H])([2H])[2H])n1. The van der Waals surface area contributed by atoms with Crippen molar-refractivity contribution in [2.24, 2.45) is 0 Å². The summed E-state index contributed by atoms with van der Waals surface area (Å²) in [6, 6.07) is 3.45. The molecule has 0 saturated heterocycles. The molecule has 1 aromatic heterocycles. The fourth-order valence-corrected chi connectivity index (χ4v) is 0.688. The van der Waals surface area contributed by atoms with Crippen LogP contribution in [0, 0.1) is 0 Å². The number of rotatable bonds is 2. The van der Waals surface area contributed by atoms with Crippen LogP contribution in [0.25, 0.3) is 0 Å². The van der Waals surface area contributed by atoms with E-state index >= 15 is 0 Å². The predicted molar refractivity (Wildman–Crippen MR) is 44.2 cm³/mol. The summed E-state index contributed by atoms with van der Waals surface area (Å²) in [5.41, 5.74) is -0.907. The van der Waals surface area contributed by atoms with E-state index in [1.165, 1.54) is 6.07 Å². The van der Waals surface area contributed by atoms with Crippen molar-refractivity contribution in [2.75, 3.05) is 0 Å². The van der Waals surface area contributed by atoms with Gasteiger partial charge >= 0.3 is 0 Å². The van der Waals surface area contributed by atoms with Gasteiger partial charge in [-0.1, -0.05) is 6.07 Å². The zero-order valence-electron chi connectivity index (χ0n) is 12.0. The summed E-state index contributed by atoms with van der Waals surface area (Å²) in [6.07, 6.45) is 0. The van der Waals surface area contributed by atoms with E-state index in [4.69, 9.17) is 8.22 Å². The molecule has 12 heavy (non-hydrogen) atoms. The minimum Gasteiger partial charge on any atom is -0.293 e. The molecule has 0 atom stereocenters. The fourth-order valence-electron chi connectivity index (χ4n) is 0.688. The van der Waals surface area contributed by atoms with E-state index in [1.807, 2.05) is 0 Å². The number of hydrogen-bond acceptors (Lipinski definition) is 3. The molecule has 0 radical (unpaired) electrons. The molecule has 3 heteroatoms. The molecule has 0 fully saturated rings. The Morgan fingerprint density at radius 1 is 1.25 bits per heavy atom. The lowest BCUT2D eigenvalue weighted by atomic mass is 10.2. The van der Waals surface area contributed by atoms with Gasteiger partial charge in [0.25, 0.3) is 0 Å². The van der Waals surface area contributed by atoms with Crippen LogP contribution in [0.15, 0.2) is 18.2 Å². The van der Waals surface area contributed by atoms with Crippen molar-refractivity contribution in [3.05, 3.63) is 29.6 Å².